The monoisotopic (exact) mass is 273 g/mol. The number of anilines is 2. The fraction of sp³-hybridized carbons (Fsp3) is 0.214. The van der Waals surface area contributed by atoms with Crippen LogP contribution in [0.1, 0.15) is 6.92 Å². The van der Waals surface area contributed by atoms with E-state index in [-0.39, 0.29) is 17.2 Å². The van der Waals surface area contributed by atoms with Gasteiger partial charge in [-0.1, -0.05) is 6.08 Å². The lowest BCUT2D eigenvalue weighted by molar-refractivity contribution is -0.116. The van der Waals surface area contributed by atoms with E-state index in [1.807, 2.05) is 41.3 Å². The summed E-state index contributed by atoms with van der Waals surface area (Å²) in [6, 6.07) is 5.66. The first-order valence-electron chi connectivity index (χ1n) is 6.08. The van der Waals surface area contributed by atoms with Gasteiger partial charge in [0.2, 0.25) is 5.91 Å². The summed E-state index contributed by atoms with van der Waals surface area (Å²) in [6.07, 6.45) is 5.85. The maximum absolute atomic E-state index is 12.0. The van der Waals surface area contributed by atoms with Crippen LogP contribution in [0.15, 0.2) is 47.0 Å². The SMILES string of the molecule is CC(=O)N1c2ccc(N)cc2SC2C=C(N)C=CC21. The molecule has 0 bridgehead atoms. The summed E-state index contributed by atoms with van der Waals surface area (Å²) in [7, 11) is 0. The molecule has 1 amide bonds. The van der Waals surface area contributed by atoms with Crippen molar-refractivity contribution in [2.24, 2.45) is 5.73 Å². The van der Waals surface area contributed by atoms with Crippen molar-refractivity contribution < 1.29 is 4.79 Å². The zero-order chi connectivity index (χ0) is 13.6. The Labute approximate surface area is 116 Å². The predicted molar refractivity (Wildman–Crippen MR) is 78.9 cm³/mol. The van der Waals surface area contributed by atoms with Gasteiger partial charge in [-0.15, -0.1) is 11.8 Å². The summed E-state index contributed by atoms with van der Waals surface area (Å²) < 4.78 is 0. The molecule has 4 nitrogen and oxygen atoms in total. The van der Waals surface area contributed by atoms with Crippen LogP contribution < -0.4 is 16.4 Å². The minimum atomic E-state index is 0.0194. The highest BCUT2D eigenvalue weighted by Gasteiger charge is 2.36. The molecule has 2 unspecified atom stereocenters. The zero-order valence-corrected chi connectivity index (χ0v) is 11.4. The van der Waals surface area contributed by atoms with Gasteiger partial charge in [-0.05, 0) is 30.4 Å². The maximum Gasteiger partial charge on any atom is 0.224 e. The predicted octanol–water partition coefficient (Wildman–Crippen LogP) is 1.88. The molecule has 1 aliphatic carbocycles. The van der Waals surface area contributed by atoms with Crippen LogP contribution in [0.3, 0.4) is 0 Å². The van der Waals surface area contributed by atoms with Crippen LogP contribution in [-0.2, 0) is 4.79 Å². The minimum Gasteiger partial charge on any atom is -0.399 e. The van der Waals surface area contributed by atoms with Crippen LogP contribution in [0.25, 0.3) is 0 Å². The Hall–Kier alpha value is -1.88. The van der Waals surface area contributed by atoms with Crippen molar-refractivity contribution in [3.05, 3.63) is 42.1 Å². The molecule has 0 fully saturated rings. The van der Waals surface area contributed by atoms with Crippen molar-refractivity contribution >= 4 is 29.0 Å². The Balaban J connectivity index is 2.12. The van der Waals surface area contributed by atoms with E-state index in [4.69, 9.17) is 11.5 Å². The first-order valence-corrected chi connectivity index (χ1v) is 6.96. The van der Waals surface area contributed by atoms with E-state index in [1.165, 1.54) is 0 Å². The normalized spacial score (nSPS) is 24.5. The lowest BCUT2D eigenvalue weighted by Gasteiger charge is -2.40. The highest BCUT2D eigenvalue weighted by Crippen LogP contribution is 2.44. The number of nitrogens with two attached hydrogens (primary N) is 2. The fourth-order valence-electron chi connectivity index (χ4n) is 2.51. The molecular formula is C14H15N3OS. The van der Waals surface area contributed by atoms with Gasteiger partial charge in [0.05, 0.1) is 17.0 Å². The Morgan fingerprint density at radius 1 is 1.37 bits per heavy atom. The number of allylic oxidation sites excluding steroid dienone is 1. The van der Waals surface area contributed by atoms with E-state index in [0.29, 0.717) is 5.69 Å². The number of nitrogen functional groups attached to an aromatic ring is 1. The van der Waals surface area contributed by atoms with E-state index < -0.39 is 0 Å². The molecule has 1 aromatic rings. The molecule has 1 aromatic carbocycles. The number of carbonyl (C=O) groups excluding carboxylic acids is 1. The second-order valence-electron chi connectivity index (χ2n) is 4.72. The average molecular weight is 273 g/mol. The van der Waals surface area contributed by atoms with Gasteiger partial charge < -0.3 is 16.4 Å². The number of benzene rings is 1. The van der Waals surface area contributed by atoms with Gasteiger partial charge in [-0.3, -0.25) is 4.79 Å². The molecule has 5 heteroatoms. The third kappa shape index (κ3) is 2.00. The Morgan fingerprint density at radius 3 is 2.89 bits per heavy atom. The van der Waals surface area contributed by atoms with E-state index in [0.717, 1.165) is 16.3 Å². The first-order chi connectivity index (χ1) is 9.06. The number of hydrogen-bond donors (Lipinski definition) is 2. The molecule has 1 aliphatic heterocycles. The summed E-state index contributed by atoms with van der Waals surface area (Å²) in [4.78, 5) is 14.8. The molecule has 4 N–H and O–H groups in total. The third-order valence-electron chi connectivity index (χ3n) is 3.32. The molecule has 2 atom stereocenters. The van der Waals surface area contributed by atoms with Gasteiger partial charge >= 0.3 is 0 Å². The molecule has 0 aromatic heterocycles. The number of carbonyl (C=O) groups is 1. The smallest absolute Gasteiger partial charge is 0.224 e. The Kier molecular flexibility index (Phi) is 2.78. The van der Waals surface area contributed by atoms with Gasteiger partial charge in [-0.25, -0.2) is 0 Å². The number of fused-ring (bicyclic) bond motifs is 2. The van der Waals surface area contributed by atoms with Gasteiger partial charge in [-0.2, -0.15) is 0 Å². The summed E-state index contributed by atoms with van der Waals surface area (Å²) in [6.45, 7) is 1.59. The molecule has 1 heterocycles. The largest absolute Gasteiger partial charge is 0.399 e. The van der Waals surface area contributed by atoms with Crippen molar-refractivity contribution in [2.45, 2.75) is 23.1 Å². The van der Waals surface area contributed by atoms with Crippen molar-refractivity contribution in [3.63, 3.8) is 0 Å². The first kappa shape index (κ1) is 12.2. The topological polar surface area (TPSA) is 72.3 Å². The highest BCUT2D eigenvalue weighted by atomic mass is 32.2. The number of rotatable bonds is 0. The van der Waals surface area contributed by atoms with Gasteiger partial charge in [0.1, 0.15) is 0 Å². The van der Waals surface area contributed by atoms with Crippen LogP contribution in [0, 0.1) is 0 Å². The van der Waals surface area contributed by atoms with Gasteiger partial charge in [0, 0.05) is 23.2 Å². The summed E-state index contributed by atoms with van der Waals surface area (Å²) >= 11 is 1.70. The standard InChI is InChI=1S/C14H15N3OS/c1-8(18)17-11-4-2-9(15)6-13(11)19-14-7-10(16)3-5-12(14)17/h2-7,11,13H,15-16H2,1H3. The Bertz CT molecular complexity index is 609. The van der Waals surface area contributed by atoms with Crippen molar-refractivity contribution in [1.29, 1.82) is 0 Å². The van der Waals surface area contributed by atoms with Crippen molar-refractivity contribution in [1.82, 2.24) is 0 Å². The Morgan fingerprint density at radius 2 is 2.16 bits per heavy atom. The number of hydrogen-bond acceptors (Lipinski definition) is 4. The zero-order valence-electron chi connectivity index (χ0n) is 10.5. The number of thioether (sulfide) groups is 1. The molecule has 0 saturated carbocycles. The van der Waals surface area contributed by atoms with Gasteiger partial charge in [0.25, 0.3) is 0 Å². The van der Waals surface area contributed by atoms with Gasteiger partial charge in [0.15, 0.2) is 0 Å². The number of nitrogens with zero attached hydrogens (tertiary/aromatic N) is 1. The molecule has 0 spiro atoms. The van der Waals surface area contributed by atoms with Crippen LogP contribution in [-0.4, -0.2) is 17.2 Å². The number of amides is 1. The third-order valence-corrected chi connectivity index (χ3v) is 4.59. The van der Waals surface area contributed by atoms with Crippen molar-refractivity contribution in [2.75, 3.05) is 10.6 Å². The molecule has 19 heavy (non-hydrogen) atoms. The molecule has 3 rings (SSSR count). The van der Waals surface area contributed by atoms with E-state index in [1.54, 1.807) is 18.7 Å². The van der Waals surface area contributed by atoms with E-state index in [2.05, 4.69) is 0 Å². The molecule has 98 valence electrons. The van der Waals surface area contributed by atoms with Crippen LogP contribution in [0.5, 0.6) is 0 Å². The fourth-order valence-corrected chi connectivity index (χ4v) is 3.87. The highest BCUT2D eigenvalue weighted by molar-refractivity contribution is 8.00. The second kappa shape index (κ2) is 4.35. The molecule has 2 aliphatic rings. The minimum absolute atomic E-state index is 0.0194. The lowest BCUT2D eigenvalue weighted by atomic mass is 10.0. The van der Waals surface area contributed by atoms with E-state index >= 15 is 0 Å². The lowest BCUT2D eigenvalue weighted by Crippen LogP contribution is -2.47. The summed E-state index contributed by atoms with van der Waals surface area (Å²) in [5.41, 5.74) is 14.0. The maximum atomic E-state index is 12.0. The van der Waals surface area contributed by atoms with Crippen LogP contribution >= 0.6 is 11.8 Å². The van der Waals surface area contributed by atoms with Crippen LogP contribution in [0.4, 0.5) is 11.4 Å². The summed E-state index contributed by atoms with van der Waals surface area (Å²) in [5, 5.41) is 0.142. The molecule has 0 saturated heterocycles. The molecular weight excluding hydrogens is 258 g/mol. The quantitative estimate of drug-likeness (QED) is 0.708. The van der Waals surface area contributed by atoms with E-state index in [9.17, 15) is 4.79 Å². The second-order valence-corrected chi connectivity index (χ2v) is 5.93. The average Bonchev–Trinajstić information content (AvgIpc) is 2.35. The van der Waals surface area contributed by atoms with Crippen LogP contribution in [0.2, 0.25) is 0 Å². The summed E-state index contributed by atoms with van der Waals surface area (Å²) in [5.74, 6) is 0.0276. The molecule has 0 radical (unpaired) electrons. The van der Waals surface area contributed by atoms with Crippen molar-refractivity contribution in [3.8, 4) is 0 Å².